The average Bonchev–Trinajstić information content (AvgIpc) is 2.58. The molecule has 0 bridgehead atoms. The molecule has 2 heteroatoms. The van der Waals surface area contributed by atoms with Gasteiger partial charge in [-0.05, 0) is 19.8 Å². The summed E-state index contributed by atoms with van der Waals surface area (Å²) in [7, 11) is 0. The van der Waals surface area contributed by atoms with Gasteiger partial charge in [0.2, 0.25) is 0 Å². The monoisotopic (exact) mass is 197 g/mol. The first-order chi connectivity index (χ1) is 6.83. The van der Waals surface area contributed by atoms with Gasteiger partial charge in [-0.25, -0.2) is 0 Å². The van der Waals surface area contributed by atoms with Crippen LogP contribution in [-0.2, 0) is 4.84 Å². The van der Waals surface area contributed by atoms with Crippen molar-refractivity contribution in [2.45, 2.75) is 71.3 Å². The highest BCUT2D eigenvalue weighted by Crippen LogP contribution is 2.17. The fourth-order valence-electron chi connectivity index (χ4n) is 1.88. The summed E-state index contributed by atoms with van der Waals surface area (Å²) >= 11 is 0. The second-order valence-corrected chi connectivity index (χ2v) is 4.31. The highest BCUT2D eigenvalue weighted by atomic mass is 16.6. The van der Waals surface area contributed by atoms with Gasteiger partial charge in [-0.1, -0.05) is 44.2 Å². The first kappa shape index (κ1) is 11.5. The Labute approximate surface area is 87.7 Å². The predicted molar refractivity (Wildman–Crippen MR) is 60.6 cm³/mol. The van der Waals surface area contributed by atoms with E-state index in [0.29, 0.717) is 6.10 Å². The first-order valence-corrected chi connectivity index (χ1v) is 6.02. The van der Waals surface area contributed by atoms with Crippen LogP contribution in [0.1, 0.15) is 65.2 Å². The third kappa shape index (κ3) is 4.64. The van der Waals surface area contributed by atoms with E-state index in [1.165, 1.54) is 44.9 Å². The molecule has 0 aromatic heterocycles. The normalized spacial score (nSPS) is 20.7. The van der Waals surface area contributed by atoms with Crippen LogP contribution in [0.4, 0.5) is 0 Å². The van der Waals surface area contributed by atoms with Crippen molar-refractivity contribution in [1.82, 2.24) is 0 Å². The quantitative estimate of drug-likeness (QED) is 0.567. The van der Waals surface area contributed by atoms with Gasteiger partial charge in [-0.3, -0.25) is 0 Å². The second-order valence-electron chi connectivity index (χ2n) is 4.31. The van der Waals surface area contributed by atoms with Crippen molar-refractivity contribution in [2.75, 3.05) is 0 Å². The Morgan fingerprint density at radius 1 is 1.21 bits per heavy atom. The number of unbranched alkanes of at least 4 members (excludes halogenated alkanes) is 5. The molecule has 0 fully saturated rings. The summed E-state index contributed by atoms with van der Waals surface area (Å²) < 4.78 is 0. The molecule has 0 radical (unpaired) electrons. The van der Waals surface area contributed by atoms with Crippen LogP contribution in [0.3, 0.4) is 0 Å². The van der Waals surface area contributed by atoms with Crippen molar-refractivity contribution >= 4 is 5.71 Å². The van der Waals surface area contributed by atoms with Gasteiger partial charge < -0.3 is 4.84 Å². The molecule has 0 N–H and O–H groups in total. The molecule has 0 saturated carbocycles. The van der Waals surface area contributed by atoms with Crippen LogP contribution in [0, 0.1) is 0 Å². The number of hydrogen-bond donors (Lipinski definition) is 0. The van der Waals surface area contributed by atoms with Crippen molar-refractivity contribution in [3.63, 3.8) is 0 Å². The molecule has 0 aliphatic carbocycles. The maximum Gasteiger partial charge on any atom is 0.132 e. The lowest BCUT2D eigenvalue weighted by molar-refractivity contribution is 0.0770. The SMILES string of the molecule is CCCCCCCCC1CC(C)=NO1. The minimum Gasteiger partial charge on any atom is -0.392 e. The molecular formula is C12H23NO. The summed E-state index contributed by atoms with van der Waals surface area (Å²) in [6.45, 7) is 4.30. The molecule has 14 heavy (non-hydrogen) atoms. The number of rotatable bonds is 7. The van der Waals surface area contributed by atoms with Crippen LogP contribution in [0.5, 0.6) is 0 Å². The minimum absolute atomic E-state index is 0.390. The molecule has 0 aromatic carbocycles. The van der Waals surface area contributed by atoms with E-state index in [4.69, 9.17) is 4.84 Å². The molecule has 0 aromatic rings. The van der Waals surface area contributed by atoms with E-state index in [0.717, 1.165) is 12.1 Å². The Hall–Kier alpha value is -0.530. The maximum absolute atomic E-state index is 5.28. The topological polar surface area (TPSA) is 21.6 Å². The summed E-state index contributed by atoms with van der Waals surface area (Å²) in [4.78, 5) is 5.28. The number of hydrogen-bond acceptors (Lipinski definition) is 2. The van der Waals surface area contributed by atoms with Gasteiger partial charge in [0.05, 0.1) is 5.71 Å². The fraction of sp³-hybridized carbons (Fsp3) is 0.917. The van der Waals surface area contributed by atoms with E-state index < -0.39 is 0 Å². The lowest BCUT2D eigenvalue weighted by Gasteiger charge is -2.07. The maximum atomic E-state index is 5.28. The fourth-order valence-corrected chi connectivity index (χ4v) is 1.88. The van der Waals surface area contributed by atoms with Crippen molar-refractivity contribution in [3.05, 3.63) is 0 Å². The van der Waals surface area contributed by atoms with Crippen molar-refractivity contribution in [2.24, 2.45) is 5.16 Å². The predicted octanol–water partition coefficient (Wildman–Crippen LogP) is 3.90. The lowest BCUT2D eigenvalue weighted by Crippen LogP contribution is -2.06. The van der Waals surface area contributed by atoms with Crippen LogP contribution in [0.25, 0.3) is 0 Å². The molecule has 0 spiro atoms. The van der Waals surface area contributed by atoms with E-state index in [-0.39, 0.29) is 0 Å². The average molecular weight is 197 g/mol. The van der Waals surface area contributed by atoms with Crippen LogP contribution in [0.15, 0.2) is 5.16 Å². The smallest absolute Gasteiger partial charge is 0.132 e. The summed E-state index contributed by atoms with van der Waals surface area (Å²) in [5.74, 6) is 0. The molecule has 1 heterocycles. The number of oxime groups is 1. The third-order valence-electron chi connectivity index (χ3n) is 2.76. The molecule has 1 atom stereocenters. The van der Waals surface area contributed by atoms with Crippen LogP contribution in [0.2, 0.25) is 0 Å². The van der Waals surface area contributed by atoms with E-state index in [2.05, 4.69) is 12.1 Å². The molecule has 1 unspecified atom stereocenters. The zero-order valence-corrected chi connectivity index (χ0v) is 9.59. The molecule has 82 valence electrons. The molecule has 1 aliphatic rings. The van der Waals surface area contributed by atoms with Crippen LogP contribution in [-0.4, -0.2) is 11.8 Å². The van der Waals surface area contributed by atoms with Crippen molar-refractivity contribution in [3.8, 4) is 0 Å². The van der Waals surface area contributed by atoms with Gasteiger partial charge in [0.25, 0.3) is 0 Å². The van der Waals surface area contributed by atoms with E-state index in [1.54, 1.807) is 0 Å². The lowest BCUT2D eigenvalue weighted by atomic mass is 10.0. The summed E-state index contributed by atoms with van der Waals surface area (Å²) in [5, 5.41) is 3.96. The Balaban J connectivity index is 1.85. The molecular weight excluding hydrogens is 174 g/mol. The van der Waals surface area contributed by atoms with Crippen LogP contribution >= 0.6 is 0 Å². The highest BCUT2D eigenvalue weighted by molar-refractivity contribution is 5.82. The van der Waals surface area contributed by atoms with Crippen molar-refractivity contribution < 1.29 is 4.84 Å². The van der Waals surface area contributed by atoms with E-state index in [1.807, 2.05) is 6.92 Å². The molecule has 1 aliphatic heterocycles. The largest absolute Gasteiger partial charge is 0.392 e. The van der Waals surface area contributed by atoms with Gasteiger partial charge >= 0.3 is 0 Å². The van der Waals surface area contributed by atoms with E-state index in [9.17, 15) is 0 Å². The Morgan fingerprint density at radius 2 is 1.93 bits per heavy atom. The zero-order chi connectivity index (χ0) is 10.2. The van der Waals surface area contributed by atoms with E-state index >= 15 is 0 Å². The standard InChI is InChI=1S/C12H23NO/c1-3-4-5-6-7-8-9-12-10-11(2)13-14-12/h12H,3-10H2,1-2H3. The van der Waals surface area contributed by atoms with Crippen molar-refractivity contribution in [1.29, 1.82) is 0 Å². The summed E-state index contributed by atoms with van der Waals surface area (Å²) in [5.41, 5.74) is 1.15. The Kier molecular flexibility index (Phi) is 5.65. The zero-order valence-electron chi connectivity index (χ0n) is 9.59. The summed E-state index contributed by atoms with van der Waals surface area (Å²) in [6, 6.07) is 0. The van der Waals surface area contributed by atoms with Gasteiger partial charge in [0, 0.05) is 6.42 Å². The molecule has 0 amide bonds. The summed E-state index contributed by atoms with van der Waals surface area (Å²) in [6.07, 6.45) is 10.8. The van der Waals surface area contributed by atoms with Crippen LogP contribution < -0.4 is 0 Å². The Bertz CT molecular complexity index is 177. The molecule has 2 nitrogen and oxygen atoms in total. The van der Waals surface area contributed by atoms with Gasteiger partial charge in [-0.15, -0.1) is 0 Å². The second kappa shape index (κ2) is 6.86. The van der Waals surface area contributed by atoms with Gasteiger partial charge in [0.1, 0.15) is 6.10 Å². The minimum atomic E-state index is 0.390. The molecule has 0 saturated heterocycles. The van der Waals surface area contributed by atoms with Gasteiger partial charge in [0.15, 0.2) is 0 Å². The Morgan fingerprint density at radius 3 is 2.57 bits per heavy atom. The molecule has 1 rings (SSSR count). The number of nitrogens with zero attached hydrogens (tertiary/aromatic N) is 1. The third-order valence-corrected chi connectivity index (χ3v) is 2.76. The van der Waals surface area contributed by atoms with Gasteiger partial charge in [-0.2, -0.15) is 0 Å². The highest BCUT2D eigenvalue weighted by Gasteiger charge is 2.16. The first-order valence-electron chi connectivity index (χ1n) is 6.02.